The highest BCUT2D eigenvalue weighted by Crippen LogP contribution is 2.19. The molecule has 1 atom stereocenters. The van der Waals surface area contributed by atoms with Crippen LogP contribution in [0.15, 0.2) is 6.20 Å². The topological polar surface area (TPSA) is 55.1 Å². The van der Waals surface area contributed by atoms with Crippen molar-refractivity contribution in [2.75, 3.05) is 5.75 Å². The second-order valence-corrected chi connectivity index (χ2v) is 4.99. The zero-order valence-electron chi connectivity index (χ0n) is 9.93. The van der Waals surface area contributed by atoms with Gasteiger partial charge in [-0.1, -0.05) is 20.3 Å². The molecule has 1 N–H and O–H groups in total. The van der Waals surface area contributed by atoms with Crippen molar-refractivity contribution in [1.29, 1.82) is 0 Å². The zero-order chi connectivity index (χ0) is 12.1. The fraction of sp³-hybridized carbons (Fsp3) is 0.636. The minimum atomic E-state index is -0.896. The van der Waals surface area contributed by atoms with E-state index in [0.717, 1.165) is 17.9 Å². The molecule has 0 spiro atoms. The third-order valence-corrected chi connectivity index (χ3v) is 3.91. The molecule has 0 aliphatic rings. The first-order valence-electron chi connectivity index (χ1n) is 5.38. The van der Waals surface area contributed by atoms with Gasteiger partial charge >= 0.3 is 5.97 Å². The Kier molecular flexibility index (Phi) is 4.86. The monoisotopic (exact) mass is 242 g/mol. The fourth-order valence-electron chi connectivity index (χ4n) is 1.29. The van der Waals surface area contributed by atoms with Crippen molar-refractivity contribution in [3.8, 4) is 0 Å². The molecule has 90 valence electrons. The number of aryl methyl sites for hydroxylation is 1. The van der Waals surface area contributed by atoms with Crippen molar-refractivity contribution < 1.29 is 9.90 Å². The fourth-order valence-corrected chi connectivity index (χ4v) is 2.58. The first kappa shape index (κ1) is 13.1. The van der Waals surface area contributed by atoms with Crippen molar-refractivity contribution >= 4 is 17.7 Å². The molecule has 1 unspecified atom stereocenters. The molecule has 0 saturated heterocycles. The Hall–Kier alpha value is -0.970. The van der Waals surface area contributed by atoms with Gasteiger partial charge in [-0.15, -0.1) is 0 Å². The molecule has 16 heavy (non-hydrogen) atoms. The van der Waals surface area contributed by atoms with E-state index in [9.17, 15) is 4.79 Å². The number of nitrogens with zero attached hydrogens (tertiary/aromatic N) is 2. The van der Waals surface area contributed by atoms with Gasteiger partial charge in [0.15, 0.2) is 0 Å². The Morgan fingerprint density at radius 2 is 2.38 bits per heavy atom. The SMILES string of the molecule is CCC(C)CSCc1c(C(=O)O)cnn1C. The van der Waals surface area contributed by atoms with E-state index in [1.807, 2.05) is 0 Å². The molecule has 1 heterocycles. The summed E-state index contributed by atoms with van der Waals surface area (Å²) in [6.45, 7) is 4.37. The quantitative estimate of drug-likeness (QED) is 0.832. The summed E-state index contributed by atoms with van der Waals surface area (Å²) in [5, 5.41) is 12.9. The second kappa shape index (κ2) is 5.94. The number of rotatable bonds is 6. The minimum Gasteiger partial charge on any atom is -0.478 e. The largest absolute Gasteiger partial charge is 0.478 e. The van der Waals surface area contributed by atoms with Gasteiger partial charge in [0.2, 0.25) is 0 Å². The van der Waals surface area contributed by atoms with Crippen LogP contribution in [0.4, 0.5) is 0 Å². The van der Waals surface area contributed by atoms with Crippen LogP contribution in [0.25, 0.3) is 0 Å². The predicted molar refractivity (Wildman–Crippen MR) is 65.8 cm³/mol. The molecule has 0 aliphatic heterocycles. The molecule has 1 rings (SSSR count). The maximum Gasteiger partial charge on any atom is 0.339 e. The molecule has 0 aromatic carbocycles. The van der Waals surface area contributed by atoms with Crippen molar-refractivity contribution in [3.63, 3.8) is 0 Å². The van der Waals surface area contributed by atoms with Crippen LogP contribution in [0.1, 0.15) is 36.3 Å². The molecule has 1 aromatic heterocycles. The van der Waals surface area contributed by atoms with Gasteiger partial charge in [0.25, 0.3) is 0 Å². The van der Waals surface area contributed by atoms with Crippen molar-refractivity contribution in [2.24, 2.45) is 13.0 Å². The van der Waals surface area contributed by atoms with Crippen LogP contribution < -0.4 is 0 Å². The van der Waals surface area contributed by atoms with Crippen LogP contribution in [0.5, 0.6) is 0 Å². The summed E-state index contributed by atoms with van der Waals surface area (Å²) in [6, 6.07) is 0. The summed E-state index contributed by atoms with van der Waals surface area (Å²) >= 11 is 1.77. The highest BCUT2D eigenvalue weighted by molar-refractivity contribution is 7.98. The predicted octanol–water partition coefficient (Wildman–Crippen LogP) is 2.40. The lowest BCUT2D eigenvalue weighted by molar-refractivity contribution is 0.0696. The van der Waals surface area contributed by atoms with Crippen LogP contribution in [0.3, 0.4) is 0 Å². The van der Waals surface area contributed by atoms with Gasteiger partial charge in [0, 0.05) is 12.8 Å². The lowest BCUT2D eigenvalue weighted by Gasteiger charge is -2.08. The molecule has 0 amide bonds. The van der Waals surface area contributed by atoms with E-state index in [0.29, 0.717) is 17.2 Å². The number of aromatic nitrogens is 2. The first-order valence-corrected chi connectivity index (χ1v) is 6.53. The lowest BCUT2D eigenvalue weighted by Crippen LogP contribution is -2.05. The Labute approximate surface area is 100 Å². The van der Waals surface area contributed by atoms with E-state index in [4.69, 9.17) is 5.11 Å². The third-order valence-electron chi connectivity index (χ3n) is 2.63. The molecule has 0 aliphatic carbocycles. The minimum absolute atomic E-state index is 0.319. The van der Waals surface area contributed by atoms with Gasteiger partial charge in [-0.2, -0.15) is 16.9 Å². The van der Waals surface area contributed by atoms with Crippen LogP contribution in [0.2, 0.25) is 0 Å². The molecule has 0 saturated carbocycles. The van der Waals surface area contributed by atoms with Crippen LogP contribution in [0, 0.1) is 5.92 Å². The summed E-state index contributed by atoms with van der Waals surface area (Å²) in [5.74, 6) is 1.54. The molecular formula is C11H18N2O2S. The van der Waals surface area contributed by atoms with Gasteiger partial charge in [-0.05, 0) is 11.7 Å². The average Bonchev–Trinajstić information content (AvgIpc) is 2.60. The van der Waals surface area contributed by atoms with Crippen molar-refractivity contribution in [3.05, 3.63) is 17.5 Å². The number of thioether (sulfide) groups is 1. The molecule has 0 fully saturated rings. The van der Waals surface area contributed by atoms with E-state index in [1.165, 1.54) is 6.20 Å². The molecule has 0 radical (unpaired) electrons. The zero-order valence-corrected chi connectivity index (χ0v) is 10.8. The number of carboxylic acid groups (broad SMARTS) is 1. The number of carbonyl (C=O) groups is 1. The van der Waals surface area contributed by atoms with E-state index in [2.05, 4.69) is 18.9 Å². The molecular weight excluding hydrogens is 224 g/mol. The molecule has 1 aromatic rings. The van der Waals surface area contributed by atoms with Gasteiger partial charge < -0.3 is 5.11 Å². The Bertz CT molecular complexity index is 363. The smallest absolute Gasteiger partial charge is 0.339 e. The van der Waals surface area contributed by atoms with Crippen LogP contribution in [-0.4, -0.2) is 26.6 Å². The highest BCUT2D eigenvalue weighted by atomic mass is 32.2. The van der Waals surface area contributed by atoms with E-state index >= 15 is 0 Å². The summed E-state index contributed by atoms with van der Waals surface area (Å²) in [6.07, 6.45) is 2.58. The normalized spacial score (nSPS) is 12.7. The second-order valence-electron chi connectivity index (χ2n) is 3.96. The number of aromatic carboxylic acids is 1. The third kappa shape index (κ3) is 3.27. The van der Waals surface area contributed by atoms with Crippen LogP contribution >= 0.6 is 11.8 Å². The van der Waals surface area contributed by atoms with Crippen molar-refractivity contribution in [1.82, 2.24) is 9.78 Å². The van der Waals surface area contributed by atoms with Gasteiger partial charge in [-0.3, -0.25) is 4.68 Å². The number of carboxylic acids is 1. The number of hydrogen-bond donors (Lipinski definition) is 1. The highest BCUT2D eigenvalue weighted by Gasteiger charge is 2.14. The van der Waals surface area contributed by atoms with E-state index < -0.39 is 5.97 Å². The molecule has 0 bridgehead atoms. The van der Waals surface area contributed by atoms with Gasteiger partial charge in [0.05, 0.1) is 11.9 Å². The Morgan fingerprint density at radius 3 is 2.94 bits per heavy atom. The summed E-state index contributed by atoms with van der Waals surface area (Å²) in [4.78, 5) is 10.9. The van der Waals surface area contributed by atoms with Crippen LogP contribution in [-0.2, 0) is 12.8 Å². The molecule has 4 nitrogen and oxygen atoms in total. The Morgan fingerprint density at radius 1 is 1.69 bits per heavy atom. The summed E-state index contributed by atoms with van der Waals surface area (Å²) in [5.41, 5.74) is 1.11. The number of hydrogen-bond acceptors (Lipinski definition) is 3. The average molecular weight is 242 g/mol. The first-order chi connectivity index (χ1) is 7.56. The maximum atomic E-state index is 10.9. The lowest BCUT2D eigenvalue weighted by atomic mass is 10.2. The van der Waals surface area contributed by atoms with E-state index in [1.54, 1.807) is 23.5 Å². The standard InChI is InChI=1S/C11H18N2O2S/c1-4-8(2)6-16-7-10-9(11(14)15)5-12-13(10)3/h5,8H,4,6-7H2,1-3H3,(H,14,15). The van der Waals surface area contributed by atoms with Gasteiger partial charge in [0.1, 0.15) is 5.56 Å². The Balaban J connectivity index is 2.59. The van der Waals surface area contributed by atoms with E-state index in [-0.39, 0.29) is 0 Å². The van der Waals surface area contributed by atoms with Gasteiger partial charge in [-0.25, -0.2) is 4.79 Å². The maximum absolute atomic E-state index is 10.9. The summed E-state index contributed by atoms with van der Waals surface area (Å²) < 4.78 is 1.65. The molecule has 5 heteroatoms. The summed E-state index contributed by atoms with van der Waals surface area (Å²) in [7, 11) is 1.78. The van der Waals surface area contributed by atoms with Crippen molar-refractivity contribution in [2.45, 2.75) is 26.0 Å².